The van der Waals surface area contributed by atoms with Gasteiger partial charge >= 0.3 is 0 Å². The number of Topliss-reactive ketones (excluding diaryl/α,β-unsaturated/α-hetero) is 1. The number of carbonyl (C=O) groups is 1. The Balaban J connectivity index is 2.12. The summed E-state index contributed by atoms with van der Waals surface area (Å²) in [7, 11) is 1.62. The Bertz CT molecular complexity index is 645. The quantitative estimate of drug-likeness (QED) is 0.855. The Morgan fingerprint density at radius 1 is 1.14 bits per heavy atom. The van der Waals surface area contributed by atoms with Crippen LogP contribution in [0, 0.1) is 6.92 Å². The van der Waals surface area contributed by atoms with Crippen LogP contribution in [0.5, 0.6) is 17.2 Å². The lowest BCUT2D eigenvalue weighted by atomic mass is 10.1. The van der Waals surface area contributed by atoms with Gasteiger partial charge in [-0.2, -0.15) is 0 Å². The third-order valence-electron chi connectivity index (χ3n) is 3.31. The van der Waals surface area contributed by atoms with E-state index >= 15 is 0 Å². The van der Waals surface area contributed by atoms with Crippen molar-refractivity contribution in [3.05, 3.63) is 53.1 Å². The summed E-state index contributed by atoms with van der Waals surface area (Å²) in [6.45, 7) is 3.53. The first kappa shape index (κ1) is 14.9. The normalized spacial score (nSPS) is 10.2. The largest absolute Gasteiger partial charge is 0.507 e. The highest BCUT2D eigenvalue weighted by Crippen LogP contribution is 2.31. The number of phenolic OH excluding ortho intramolecular Hbond substituents is 1. The summed E-state index contributed by atoms with van der Waals surface area (Å²) in [4.78, 5) is 11.4. The predicted molar refractivity (Wildman–Crippen MR) is 80.2 cm³/mol. The van der Waals surface area contributed by atoms with E-state index in [1.54, 1.807) is 26.2 Å². The fraction of sp³-hybridized carbons (Fsp3) is 0.235. The summed E-state index contributed by atoms with van der Waals surface area (Å²) < 4.78 is 10.8. The van der Waals surface area contributed by atoms with Gasteiger partial charge in [-0.15, -0.1) is 0 Å². The molecule has 0 aliphatic rings. The van der Waals surface area contributed by atoms with Gasteiger partial charge in [0, 0.05) is 5.56 Å². The summed E-state index contributed by atoms with van der Waals surface area (Å²) in [6, 6.07) is 10.8. The van der Waals surface area contributed by atoms with Crippen molar-refractivity contribution < 1.29 is 19.4 Å². The van der Waals surface area contributed by atoms with E-state index < -0.39 is 0 Å². The van der Waals surface area contributed by atoms with Gasteiger partial charge in [0.2, 0.25) is 0 Å². The first-order chi connectivity index (χ1) is 10.0. The smallest absolute Gasteiger partial charge is 0.163 e. The predicted octanol–water partition coefficient (Wildman–Crippen LogP) is 3.49. The lowest BCUT2D eigenvalue weighted by Gasteiger charge is -2.12. The summed E-state index contributed by atoms with van der Waals surface area (Å²) in [5.74, 6) is 1.17. The Hall–Kier alpha value is -2.49. The molecule has 0 radical (unpaired) electrons. The highest BCUT2D eigenvalue weighted by molar-refractivity contribution is 5.97. The molecular weight excluding hydrogens is 268 g/mol. The number of phenols is 1. The van der Waals surface area contributed by atoms with E-state index in [-0.39, 0.29) is 11.5 Å². The summed E-state index contributed by atoms with van der Waals surface area (Å²) in [5.41, 5.74) is 1.87. The Labute approximate surface area is 123 Å². The van der Waals surface area contributed by atoms with E-state index in [1.807, 2.05) is 24.3 Å². The second-order valence-corrected chi connectivity index (χ2v) is 4.78. The molecule has 0 spiro atoms. The molecule has 2 aromatic carbocycles. The van der Waals surface area contributed by atoms with E-state index in [1.165, 1.54) is 6.92 Å². The van der Waals surface area contributed by atoms with Gasteiger partial charge in [0.1, 0.15) is 23.9 Å². The number of methoxy groups -OCH3 is 1. The van der Waals surface area contributed by atoms with Gasteiger partial charge in [-0.3, -0.25) is 4.79 Å². The number of carbonyl (C=O) groups excluding carboxylic acids is 1. The van der Waals surface area contributed by atoms with Crippen LogP contribution >= 0.6 is 0 Å². The van der Waals surface area contributed by atoms with Crippen LogP contribution in [-0.2, 0) is 6.61 Å². The lowest BCUT2D eigenvalue weighted by molar-refractivity contribution is 0.101. The fourth-order valence-corrected chi connectivity index (χ4v) is 2.00. The first-order valence-corrected chi connectivity index (χ1v) is 6.62. The van der Waals surface area contributed by atoms with Crippen LogP contribution in [-0.4, -0.2) is 18.0 Å². The highest BCUT2D eigenvalue weighted by Gasteiger charge is 2.13. The molecule has 0 saturated carbocycles. The van der Waals surface area contributed by atoms with Crippen LogP contribution in [0.1, 0.15) is 28.4 Å². The zero-order valence-corrected chi connectivity index (χ0v) is 12.3. The maximum absolute atomic E-state index is 11.4. The summed E-state index contributed by atoms with van der Waals surface area (Å²) >= 11 is 0. The minimum atomic E-state index is -0.169. The third kappa shape index (κ3) is 3.34. The van der Waals surface area contributed by atoms with Crippen molar-refractivity contribution in [2.45, 2.75) is 20.5 Å². The second-order valence-electron chi connectivity index (χ2n) is 4.78. The van der Waals surface area contributed by atoms with Crippen LogP contribution in [0.25, 0.3) is 0 Å². The third-order valence-corrected chi connectivity index (χ3v) is 3.31. The van der Waals surface area contributed by atoms with Gasteiger partial charge in [0.05, 0.1) is 12.7 Å². The minimum absolute atomic E-state index is 0.0188. The van der Waals surface area contributed by atoms with Crippen molar-refractivity contribution in [2.75, 3.05) is 7.11 Å². The van der Waals surface area contributed by atoms with E-state index in [4.69, 9.17) is 9.47 Å². The van der Waals surface area contributed by atoms with Crippen LogP contribution in [0.2, 0.25) is 0 Å². The van der Waals surface area contributed by atoms with Gasteiger partial charge in [-0.25, -0.2) is 0 Å². The van der Waals surface area contributed by atoms with E-state index in [0.29, 0.717) is 23.5 Å². The molecule has 0 aliphatic carbocycles. The van der Waals surface area contributed by atoms with Gasteiger partial charge in [-0.1, -0.05) is 12.1 Å². The fourth-order valence-electron chi connectivity index (χ4n) is 2.00. The van der Waals surface area contributed by atoms with E-state index in [9.17, 15) is 9.90 Å². The van der Waals surface area contributed by atoms with E-state index in [2.05, 4.69) is 0 Å². The van der Waals surface area contributed by atoms with Crippen LogP contribution in [0.3, 0.4) is 0 Å². The molecule has 110 valence electrons. The number of hydrogen-bond acceptors (Lipinski definition) is 4. The molecule has 0 heterocycles. The molecule has 0 bridgehead atoms. The molecule has 1 N–H and O–H groups in total. The molecule has 0 amide bonds. The van der Waals surface area contributed by atoms with Crippen molar-refractivity contribution >= 4 is 5.78 Å². The number of ketones is 1. The van der Waals surface area contributed by atoms with Crippen LogP contribution < -0.4 is 9.47 Å². The Morgan fingerprint density at radius 3 is 2.38 bits per heavy atom. The van der Waals surface area contributed by atoms with Gasteiger partial charge in [0.25, 0.3) is 0 Å². The molecule has 0 aliphatic heterocycles. The molecule has 0 atom stereocenters. The molecule has 2 rings (SSSR count). The number of ether oxygens (including phenoxy) is 2. The number of benzene rings is 2. The zero-order valence-electron chi connectivity index (χ0n) is 12.3. The van der Waals surface area contributed by atoms with E-state index in [0.717, 1.165) is 11.3 Å². The Morgan fingerprint density at radius 2 is 1.81 bits per heavy atom. The van der Waals surface area contributed by atoms with Crippen molar-refractivity contribution in [1.29, 1.82) is 0 Å². The lowest BCUT2D eigenvalue weighted by Crippen LogP contribution is -2.00. The average molecular weight is 286 g/mol. The molecular formula is C17H18O4. The molecule has 2 aromatic rings. The first-order valence-electron chi connectivity index (χ1n) is 6.62. The Kier molecular flexibility index (Phi) is 4.48. The van der Waals surface area contributed by atoms with Crippen molar-refractivity contribution in [3.63, 3.8) is 0 Å². The SMILES string of the molecule is COc1ccc(COc2ccc(C(C)=O)c(O)c2C)cc1. The number of hydrogen-bond donors (Lipinski definition) is 1. The monoisotopic (exact) mass is 286 g/mol. The molecule has 21 heavy (non-hydrogen) atoms. The summed E-state index contributed by atoms with van der Waals surface area (Å²) in [6.07, 6.45) is 0. The van der Waals surface area contributed by atoms with Gasteiger partial charge in [-0.05, 0) is 43.7 Å². The molecule has 0 saturated heterocycles. The zero-order chi connectivity index (χ0) is 15.4. The summed E-state index contributed by atoms with van der Waals surface area (Å²) in [5, 5.41) is 10.00. The minimum Gasteiger partial charge on any atom is -0.507 e. The van der Waals surface area contributed by atoms with Crippen molar-refractivity contribution in [1.82, 2.24) is 0 Å². The van der Waals surface area contributed by atoms with Gasteiger partial charge < -0.3 is 14.6 Å². The maximum atomic E-state index is 11.4. The molecule has 0 fully saturated rings. The maximum Gasteiger partial charge on any atom is 0.163 e. The molecule has 4 heteroatoms. The number of aromatic hydroxyl groups is 1. The average Bonchev–Trinajstić information content (AvgIpc) is 2.49. The van der Waals surface area contributed by atoms with Crippen molar-refractivity contribution in [2.24, 2.45) is 0 Å². The number of rotatable bonds is 5. The molecule has 0 unspecified atom stereocenters. The highest BCUT2D eigenvalue weighted by atomic mass is 16.5. The standard InChI is InChI=1S/C17H18O4/c1-11-16(9-8-15(12(2)18)17(11)19)21-10-13-4-6-14(20-3)7-5-13/h4-9,19H,10H2,1-3H3. The van der Waals surface area contributed by atoms with Crippen LogP contribution in [0.15, 0.2) is 36.4 Å². The van der Waals surface area contributed by atoms with Crippen LogP contribution in [0.4, 0.5) is 0 Å². The molecule has 0 aromatic heterocycles. The van der Waals surface area contributed by atoms with Gasteiger partial charge in [0.15, 0.2) is 5.78 Å². The van der Waals surface area contributed by atoms with Crippen molar-refractivity contribution in [3.8, 4) is 17.2 Å². The second kappa shape index (κ2) is 6.31. The topological polar surface area (TPSA) is 55.8 Å². The molecule has 4 nitrogen and oxygen atoms in total.